The number of rotatable bonds is 4. The largest absolute Gasteiger partial charge is 0.507 e. The van der Waals surface area contributed by atoms with Crippen LogP contribution in [0.5, 0.6) is 5.75 Å². The number of H-pyrrole nitrogens is 1. The number of aromatic nitrogens is 2. The molecule has 1 fully saturated rings. The SMILES string of the molecule is COc1ccc(Cl)c(/C(O)=C2\C(=O)C(=O)N(c3nc4ccc(C)cc4[nH]3)C2c2ccc(C(C)(C)C)cc2)c1. The number of amides is 1. The Labute approximate surface area is 225 Å². The van der Waals surface area contributed by atoms with Gasteiger partial charge in [-0.05, 0) is 59.4 Å². The van der Waals surface area contributed by atoms with Crippen molar-refractivity contribution in [2.24, 2.45) is 0 Å². The molecule has 2 N–H and O–H groups in total. The van der Waals surface area contributed by atoms with Crippen molar-refractivity contribution in [3.05, 3.63) is 93.5 Å². The van der Waals surface area contributed by atoms with Gasteiger partial charge in [-0.25, -0.2) is 4.98 Å². The summed E-state index contributed by atoms with van der Waals surface area (Å²) in [5.74, 6) is -1.35. The van der Waals surface area contributed by atoms with Crippen molar-refractivity contribution in [1.82, 2.24) is 9.97 Å². The first-order valence-electron chi connectivity index (χ1n) is 12.2. The predicted octanol–water partition coefficient (Wildman–Crippen LogP) is 6.46. The molecule has 1 unspecified atom stereocenters. The average Bonchev–Trinajstić information content (AvgIpc) is 3.41. The minimum atomic E-state index is -0.937. The Balaban J connectivity index is 1.74. The fourth-order valence-electron chi connectivity index (χ4n) is 4.71. The Morgan fingerprint density at radius 1 is 1.05 bits per heavy atom. The van der Waals surface area contributed by atoms with E-state index in [4.69, 9.17) is 16.3 Å². The van der Waals surface area contributed by atoms with Gasteiger partial charge < -0.3 is 14.8 Å². The minimum Gasteiger partial charge on any atom is -0.507 e. The second kappa shape index (κ2) is 9.33. The maximum Gasteiger partial charge on any atom is 0.302 e. The summed E-state index contributed by atoms with van der Waals surface area (Å²) in [6.45, 7) is 8.28. The lowest BCUT2D eigenvalue weighted by Gasteiger charge is -2.25. The number of nitrogens with one attached hydrogen (secondary N) is 1. The number of halogens is 1. The van der Waals surface area contributed by atoms with Gasteiger partial charge in [0, 0.05) is 5.56 Å². The van der Waals surface area contributed by atoms with E-state index in [1.165, 1.54) is 18.1 Å². The number of Topliss-reactive ketones (excluding diaryl/α,β-unsaturated/α-hetero) is 1. The molecule has 8 heteroatoms. The molecule has 7 nitrogen and oxygen atoms in total. The first kappa shape index (κ1) is 25.5. The highest BCUT2D eigenvalue weighted by Gasteiger charge is 2.48. The van der Waals surface area contributed by atoms with Crippen LogP contribution in [0.2, 0.25) is 5.02 Å². The van der Waals surface area contributed by atoms with Crippen LogP contribution in [-0.2, 0) is 15.0 Å². The first-order chi connectivity index (χ1) is 18.0. The van der Waals surface area contributed by atoms with Crippen molar-refractivity contribution < 1.29 is 19.4 Å². The smallest absolute Gasteiger partial charge is 0.302 e. The van der Waals surface area contributed by atoms with E-state index in [1.54, 1.807) is 12.1 Å². The first-order valence-corrected chi connectivity index (χ1v) is 12.6. The van der Waals surface area contributed by atoms with Gasteiger partial charge in [-0.3, -0.25) is 14.5 Å². The number of nitrogens with zero attached hydrogens (tertiary/aromatic N) is 2. The van der Waals surface area contributed by atoms with Gasteiger partial charge in [-0.1, -0.05) is 62.7 Å². The van der Waals surface area contributed by atoms with Gasteiger partial charge in [0.15, 0.2) is 0 Å². The zero-order valence-corrected chi connectivity index (χ0v) is 22.6. The van der Waals surface area contributed by atoms with Crippen molar-refractivity contribution in [2.75, 3.05) is 12.0 Å². The summed E-state index contributed by atoms with van der Waals surface area (Å²) >= 11 is 6.42. The number of methoxy groups -OCH3 is 1. The van der Waals surface area contributed by atoms with E-state index in [0.717, 1.165) is 16.6 Å². The summed E-state index contributed by atoms with van der Waals surface area (Å²) in [6, 6.07) is 17.2. The standard InChI is InChI=1S/C30H28ClN3O4/c1-16-6-13-22-23(14-16)33-29(32-22)34-25(17-7-9-18(10-8-17)30(2,3)4)24(27(36)28(34)37)26(35)20-15-19(38-5)11-12-21(20)31/h6-15,25,35H,1-5H3,(H,32,33)/b26-24+. The molecule has 1 aliphatic rings. The second-order valence-electron chi connectivity index (χ2n) is 10.5. The molecule has 4 aromatic rings. The number of carbonyl (C=O) groups excluding carboxylic acids is 2. The lowest BCUT2D eigenvalue weighted by atomic mass is 9.85. The molecule has 0 saturated carbocycles. The highest BCUT2D eigenvalue weighted by atomic mass is 35.5. The molecule has 1 atom stereocenters. The van der Waals surface area contributed by atoms with E-state index in [-0.39, 0.29) is 33.3 Å². The molecule has 1 amide bonds. The van der Waals surface area contributed by atoms with Gasteiger partial charge >= 0.3 is 5.91 Å². The van der Waals surface area contributed by atoms with Gasteiger partial charge in [0.25, 0.3) is 5.78 Å². The van der Waals surface area contributed by atoms with Gasteiger partial charge in [-0.2, -0.15) is 0 Å². The van der Waals surface area contributed by atoms with Crippen molar-refractivity contribution in [1.29, 1.82) is 0 Å². The number of carbonyl (C=O) groups is 2. The number of hydrogen-bond acceptors (Lipinski definition) is 5. The van der Waals surface area contributed by atoms with E-state index in [0.29, 0.717) is 16.8 Å². The summed E-state index contributed by atoms with van der Waals surface area (Å²) < 4.78 is 5.29. The zero-order chi connectivity index (χ0) is 27.4. The summed E-state index contributed by atoms with van der Waals surface area (Å²) in [5.41, 5.74) is 4.18. The number of aliphatic hydroxyl groups excluding tert-OH is 1. The fourth-order valence-corrected chi connectivity index (χ4v) is 4.92. The number of anilines is 1. The van der Waals surface area contributed by atoms with Crippen LogP contribution in [0.4, 0.5) is 5.95 Å². The number of aryl methyl sites for hydroxylation is 1. The highest BCUT2D eigenvalue weighted by molar-refractivity contribution is 6.51. The molecular formula is C30H28ClN3O4. The average molecular weight is 530 g/mol. The summed E-state index contributed by atoms with van der Waals surface area (Å²) in [5, 5.41) is 11.7. The van der Waals surface area contributed by atoms with Gasteiger partial charge in [-0.15, -0.1) is 0 Å². The number of benzene rings is 3. The molecule has 194 valence electrons. The van der Waals surface area contributed by atoms with Crippen molar-refractivity contribution in [2.45, 2.75) is 39.2 Å². The van der Waals surface area contributed by atoms with E-state index in [2.05, 4.69) is 30.7 Å². The quantitative estimate of drug-likeness (QED) is 0.180. The molecular weight excluding hydrogens is 502 g/mol. The monoisotopic (exact) mass is 529 g/mol. The third kappa shape index (κ3) is 4.33. The van der Waals surface area contributed by atoms with Crippen molar-refractivity contribution in [3.8, 4) is 5.75 Å². The molecule has 0 bridgehead atoms. The van der Waals surface area contributed by atoms with Gasteiger partial charge in [0.1, 0.15) is 11.5 Å². The number of ketones is 1. The Morgan fingerprint density at radius 2 is 1.76 bits per heavy atom. The number of imidazole rings is 1. The van der Waals surface area contributed by atoms with E-state index in [9.17, 15) is 14.7 Å². The molecule has 0 aliphatic carbocycles. The van der Waals surface area contributed by atoms with E-state index in [1.807, 2.05) is 49.4 Å². The van der Waals surface area contributed by atoms with Crippen LogP contribution in [0.25, 0.3) is 16.8 Å². The molecule has 1 aliphatic heterocycles. The van der Waals surface area contributed by atoms with Crippen LogP contribution in [0.3, 0.4) is 0 Å². The van der Waals surface area contributed by atoms with E-state index < -0.39 is 17.7 Å². The number of aliphatic hydroxyl groups is 1. The Morgan fingerprint density at radius 3 is 2.42 bits per heavy atom. The molecule has 1 saturated heterocycles. The van der Waals surface area contributed by atoms with Crippen molar-refractivity contribution in [3.63, 3.8) is 0 Å². The maximum absolute atomic E-state index is 13.5. The molecule has 2 heterocycles. The summed E-state index contributed by atoms with van der Waals surface area (Å²) in [4.78, 5) is 36.2. The summed E-state index contributed by atoms with van der Waals surface area (Å²) in [6.07, 6.45) is 0. The lowest BCUT2D eigenvalue weighted by molar-refractivity contribution is -0.132. The highest BCUT2D eigenvalue weighted by Crippen LogP contribution is 2.43. The normalized spacial score (nSPS) is 17.4. The van der Waals surface area contributed by atoms with Gasteiger partial charge in [0.2, 0.25) is 5.95 Å². The van der Waals surface area contributed by atoms with Crippen LogP contribution in [0.15, 0.2) is 66.2 Å². The van der Waals surface area contributed by atoms with Crippen LogP contribution in [0, 0.1) is 6.92 Å². The lowest BCUT2D eigenvalue weighted by Crippen LogP contribution is -2.30. The zero-order valence-electron chi connectivity index (χ0n) is 21.8. The molecule has 0 radical (unpaired) electrons. The molecule has 1 aromatic heterocycles. The molecule has 3 aromatic carbocycles. The Kier molecular flexibility index (Phi) is 6.27. The van der Waals surface area contributed by atoms with Gasteiger partial charge in [0.05, 0.1) is 34.8 Å². The molecule has 0 spiro atoms. The fraction of sp³-hybridized carbons (Fsp3) is 0.233. The topological polar surface area (TPSA) is 95.5 Å². The maximum atomic E-state index is 13.5. The summed E-state index contributed by atoms with van der Waals surface area (Å²) in [7, 11) is 1.49. The predicted molar refractivity (Wildman–Crippen MR) is 149 cm³/mol. The number of aromatic amines is 1. The number of hydrogen-bond donors (Lipinski definition) is 2. The number of fused-ring (bicyclic) bond motifs is 1. The van der Waals surface area contributed by atoms with E-state index >= 15 is 0 Å². The van der Waals surface area contributed by atoms with Crippen LogP contribution < -0.4 is 9.64 Å². The molecule has 5 rings (SSSR count). The van der Waals surface area contributed by atoms with Crippen LogP contribution >= 0.6 is 11.6 Å². The minimum absolute atomic E-state index is 0.0784. The van der Waals surface area contributed by atoms with Crippen molar-refractivity contribution >= 4 is 46.0 Å². The Bertz CT molecular complexity index is 1610. The number of ether oxygens (including phenoxy) is 1. The van der Waals surface area contributed by atoms with Crippen LogP contribution in [-0.4, -0.2) is 33.9 Å². The third-order valence-corrected chi connectivity index (χ3v) is 7.15. The van der Waals surface area contributed by atoms with Crippen LogP contribution in [0.1, 0.15) is 49.1 Å². The second-order valence-corrected chi connectivity index (χ2v) is 10.9. The Hall–Kier alpha value is -4.10. The third-order valence-electron chi connectivity index (χ3n) is 6.82. The molecule has 38 heavy (non-hydrogen) atoms.